The highest BCUT2D eigenvalue weighted by molar-refractivity contribution is 7.18. The SMILES string of the molecule is O=C(Nc1nnc(-c2ccccc2)s1)[C@H]1CC(=O)N(c2ccccc2F)C1. The van der Waals surface area contributed by atoms with Crippen molar-refractivity contribution in [3.63, 3.8) is 0 Å². The molecule has 8 heteroatoms. The number of amides is 2. The molecule has 0 radical (unpaired) electrons. The van der Waals surface area contributed by atoms with Gasteiger partial charge in [-0.1, -0.05) is 53.8 Å². The third-order valence-electron chi connectivity index (χ3n) is 4.31. The Morgan fingerprint density at radius 3 is 2.63 bits per heavy atom. The van der Waals surface area contributed by atoms with Crippen LogP contribution in [0.5, 0.6) is 0 Å². The Morgan fingerprint density at radius 2 is 1.85 bits per heavy atom. The molecule has 2 aromatic carbocycles. The number of benzene rings is 2. The quantitative estimate of drug-likeness (QED) is 0.751. The summed E-state index contributed by atoms with van der Waals surface area (Å²) in [5.41, 5.74) is 1.11. The number of nitrogens with zero attached hydrogens (tertiary/aromatic N) is 3. The van der Waals surface area contributed by atoms with E-state index in [4.69, 9.17) is 0 Å². The van der Waals surface area contributed by atoms with Crippen LogP contribution >= 0.6 is 11.3 Å². The Labute approximate surface area is 158 Å². The molecule has 0 spiro atoms. The zero-order chi connectivity index (χ0) is 18.8. The summed E-state index contributed by atoms with van der Waals surface area (Å²) in [4.78, 5) is 26.1. The summed E-state index contributed by atoms with van der Waals surface area (Å²) in [6, 6.07) is 15.6. The Morgan fingerprint density at radius 1 is 1.11 bits per heavy atom. The van der Waals surface area contributed by atoms with Gasteiger partial charge in [0.25, 0.3) is 0 Å². The van der Waals surface area contributed by atoms with E-state index in [1.54, 1.807) is 12.1 Å². The third kappa shape index (κ3) is 3.56. The summed E-state index contributed by atoms with van der Waals surface area (Å²) in [5, 5.41) is 11.9. The van der Waals surface area contributed by atoms with E-state index < -0.39 is 11.7 Å². The van der Waals surface area contributed by atoms with Crippen LogP contribution in [0.25, 0.3) is 10.6 Å². The van der Waals surface area contributed by atoms with E-state index in [9.17, 15) is 14.0 Å². The number of carbonyl (C=O) groups is 2. The van der Waals surface area contributed by atoms with E-state index in [1.165, 1.54) is 28.4 Å². The average Bonchev–Trinajstić information content (AvgIpc) is 3.30. The minimum Gasteiger partial charge on any atom is -0.309 e. The van der Waals surface area contributed by atoms with Gasteiger partial charge in [-0.15, -0.1) is 10.2 Å². The summed E-state index contributed by atoms with van der Waals surface area (Å²) in [6.07, 6.45) is 0.0323. The number of halogens is 1. The van der Waals surface area contributed by atoms with Crippen molar-refractivity contribution >= 4 is 34.0 Å². The van der Waals surface area contributed by atoms with Gasteiger partial charge in [0.1, 0.15) is 10.8 Å². The number of rotatable bonds is 4. The van der Waals surface area contributed by atoms with Crippen molar-refractivity contribution in [3.8, 4) is 10.6 Å². The molecule has 6 nitrogen and oxygen atoms in total. The number of nitrogens with one attached hydrogen (secondary N) is 1. The first kappa shape index (κ1) is 17.3. The molecule has 4 rings (SSSR count). The van der Waals surface area contributed by atoms with Crippen molar-refractivity contribution < 1.29 is 14.0 Å². The van der Waals surface area contributed by atoms with Gasteiger partial charge >= 0.3 is 0 Å². The lowest BCUT2D eigenvalue weighted by Crippen LogP contribution is -2.28. The summed E-state index contributed by atoms with van der Waals surface area (Å²) in [6.45, 7) is 0.135. The van der Waals surface area contributed by atoms with Crippen LogP contribution in [-0.4, -0.2) is 28.6 Å². The van der Waals surface area contributed by atoms with E-state index in [0.717, 1.165) is 5.56 Å². The molecule has 136 valence electrons. The molecule has 0 bridgehead atoms. The zero-order valence-electron chi connectivity index (χ0n) is 14.1. The van der Waals surface area contributed by atoms with Gasteiger partial charge in [0.2, 0.25) is 16.9 Å². The Kier molecular flexibility index (Phi) is 4.64. The standard InChI is InChI=1S/C19H15FN4O2S/c20-14-8-4-5-9-15(14)24-11-13(10-16(24)25)17(26)21-19-23-22-18(27-19)12-6-2-1-3-7-12/h1-9,13H,10-11H2,(H,21,23,26)/t13-/m0/s1. The van der Waals surface area contributed by atoms with Crippen molar-refractivity contribution in [2.75, 3.05) is 16.8 Å². The van der Waals surface area contributed by atoms with Gasteiger partial charge in [0.15, 0.2) is 0 Å². The minimum absolute atomic E-state index is 0.0323. The maximum absolute atomic E-state index is 13.9. The average molecular weight is 382 g/mol. The van der Waals surface area contributed by atoms with Crippen molar-refractivity contribution in [1.29, 1.82) is 0 Å². The van der Waals surface area contributed by atoms with Gasteiger partial charge < -0.3 is 10.2 Å². The van der Waals surface area contributed by atoms with Gasteiger partial charge in [0.05, 0.1) is 11.6 Å². The molecule has 3 aromatic rings. The predicted molar refractivity (Wildman–Crippen MR) is 101 cm³/mol. The Hall–Kier alpha value is -3.13. The molecule has 1 fully saturated rings. The zero-order valence-corrected chi connectivity index (χ0v) is 14.9. The van der Waals surface area contributed by atoms with Gasteiger partial charge in [-0.2, -0.15) is 0 Å². The second-order valence-corrected chi connectivity index (χ2v) is 7.10. The molecule has 1 aliphatic heterocycles. The van der Waals surface area contributed by atoms with Crippen LogP contribution in [0.4, 0.5) is 15.2 Å². The molecule has 2 amide bonds. The van der Waals surface area contributed by atoms with Gasteiger partial charge in [0, 0.05) is 18.5 Å². The minimum atomic E-state index is -0.568. The third-order valence-corrected chi connectivity index (χ3v) is 5.20. The van der Waals surface area contributed by atoms with Gasteiger partial charge in [-0.05, 0) is 12.1 Å². The van der Waals surface area contributed by atoms with Crippen LogP contribution in [0.2, 0.25) is 0 Å². The lowest BCUT2D eigenvalue weighted by molar-refractivity contribution is -0.122. The monoisotopic (exact) mass is 382 g/mol. The van der Waals surface area contributed by atoms with Crippen LogP contribution in [0.15, 0.2) is 54.6 Å². The molecule has 1 aliphatic rings. The van der Waals surface area contributed by atoms with E-state index in [2.05, 4.69) is 15.5 Å². The number of aromatic nitrogens is 2. The number of carbonyl (C=O) groups excluding carboxylic acids is 2. The fourth-order valence-electron chi connectivity index (χ4n) is 2.97. The maximum Gasteiger partial charge on any atom is 0.231 e. The van der Waals surface area contributed by atoms with Crippen molar-refractivity contribution in [2.24, 2.45) is 5.92 Å². The van der Waals surface area contributed by atoms with E-state index in [1.807, 2.05) is 30.3 Å². The molecule has 27 heavy (non-hydrogen) atoms. The molecular weight excluding hydrogens is 367 g/mol. The van der Waals surface area contributed by atoms with E-state index in [-0.39, 0.29) is 30.5 Å². The van der Waals surface area contributed by atoms with Crippen LogP contribution in [0.3, 0.4) is 0 Å². The highest BCUT2D eigenvalue weighted by Crippen LogP contribution is 2.29. The van der Waals surface area contributed by atoms with Crippen molar-refractivity contribution in [1.82, 2.24) is 10.2 Å². The second kappa shape index (κ2) is 7.24. The Bertz CT molecular complexity index is 992. The van der Waals surface area contributed by atoms with Gasteiger partial charge in [-0.25, -0.2) is 4.39 Å². The lowest BCUT2D eigenvalue weighted by atomic mass is 10.1. The number of anilines is 2. The van der Waals surface area contributed by atoms with Gasteiger partial charge in [-0.3, -0.25) is 9.59 Å². The molecule has 0 unspecified atom stereocenters. The first-order valence-corrected chi connectivity index (χ1v) is 9.18. The van der Waals surface area contributed by atoms with Crippen LogP contribution in [0.1, 0.15) is 6.42 Å². The fourth-order valence-corrected chi connectivity index (χ4v) is 3.72. The number of para-hydroxylation sites is 1. The molecule has 1 saturated heterocycles. The summed E-state index contributed by atoms with van der Waals surface area (Å²) in [5.74, 6) is -1.65. The molecule has 0 aliphatic carbocycles. The second-order valence-electron chi connectivity index (χ2n) is 6.12. The first-order chi connectivity index (χ1) is 13.1. The van der Waals surface area contributed by atoms with Crippen LogP contribution in [-0.2, 0) is 9.59 Å². The molecule has 0 saturated carbocycles. The number of hydrogen-bond acceptors (Lipinski definition) is 5. The number of hydrogen-bond donors (Lipinski definition) is 1. The molecule has 1 N–H and O–H groups in total. The van der Waals surface area contributed by atoms with Crippen molar-refractivity contribution in [3.05, 3.63) is 60.4 Å². The largest absolute Gasteiger partial charge is 0.309 e. The van der Waals surface area contributed by atoms with Crippen LogP contribution < -0.4 is 10.2 Å². The Balaban J connectivity index is 1.45. The van der Waals surface area contributed by atoms with Crippen LogP contribution in [0, 0.1) is 11.7 Å². The normalized spacial score (nSPS) is 16.6. The molecule has 1 atom stereocenters. The van der Waals surface area contributed by atoms with E-state index in [0.29, 0.717) is 10.1 Å². The topological polar surface area (TPSA) is 75.2 Å². The summed E-state index contributed by atoms with van der Waals surface area (Å²) >= 11 is 1.26. The highest BCUT2D eigenvalue weighted by Gasteiger charge is 2.36. The smallest absolute Gasteiger partial charge is 0.231 e. The predicted octanol–water partition coefficient (Wildman–Crippen LogP) is 3.34. The highest BCUT2D eigenvalue weighted by atomic mass is 32.1. The van der Waals surface area contributed by atoms with Crippen molar-refractivity contribution in [2.45, 2.75) is 6.42 Å². The lowest BCUT2D eigenvalue weighted by Gasteiger charge is -2.17. The first-order valence-electron chi connectivity index (χ1n) is 8.36. The molecule has 2 heterocycles. The maximum atomic E-state index is 13.9. The fraction of sp³-hybridized carbons (Fsp3) is 0.158. The summed E-state index contributed by atoms with van der Waals surface area (Å²) in [7, 11) is 0. The molecular formula is C19H15FN4O2S. The molecule has 1 aromatic heterocycles. The summed E-state index contributed by atoms with van der Waals surface area (Å²) < 4.78 is 13.9. The van der Waals surface area contributed by atoms with E-state index >= 15 is 0 Å².